The zero-order valence-corrected chi connectivity index (χ0v) is 24.0. The lowest BCUT2D eigenvalue weighted by atomic mass is 9.91. The topological polar surface area (TPSA) is 171 Å². The highest BCUT2D eigenvalue weighted by Crippen LogP contribution is 2.29. The lowest BCUT2D eigenvalue weighted by Gasteiger charge is -2.31. The van der Waals surface area contributed by atoms with Gasteiger partial charge in [0, 0.05) is 24.1 Å². The van der Waals surface area contributed by atoms with Gasteiger partial charge in [-0.05, 0) is 38.8 Å². The molecular weight excluding hydrogens is 624 g/mol. The highest BCUT2D eigenvalue weighted by Gasteiger charge is 2.34. The highest BCUT2D eigenvalue weighted by molar-refractivity contribution is 7.92. The number of nitrogens with one attached hydrogen (secondary N) is 2. The Hall–Kier alpha value is -4.16. The zero-order chi connectivity index (χ0) is 32.6. The third-order valence-electron chi connectivity index (χ3n) is 6.69. The monoisotopic (exact) mass is 651 g/mol. The van der Waals surface area contributed by atoms with Crippen LogP contribution in [0.5, 0.6) is 0 Å². The van der Waals surface area contributed by atoms with Crippen molar-refractivity contribution < 1.29 is 44.3 Å². The average Bonchev–Trinajstić information content (AvgIpc) is 2.90. The van der Waals surface area contributed by atoms with Crippen LogP contribution in [0.15, 0.2) is 23.1 Å². The van der Waals surface area contributed by atoms with E-state index >= 15 is 0 Å². The number of amides is 1. The van der Waals surface area contributed by atoms with Crippen LogP contribution in [0.3, 0.4) is 0 Å². The van der Waals surface area contributed by atoms with Gasteiger partial charge in [0.15, 0.2) is 17.3 Å². The molecule has 0 bridgehead atoms. The van der Waals surface area contributed by atoms with Crippen molar-refractivity contribution in [3.63, 3.8) is 0 Å². The van der Waals surface area contributed by atoms with Crippen molar-refractivity contribution in [3.8, 4) is 11.3 Å². The standard InChI is InChI=1S/C25H27F6N7O5S/c1-11(2)38-21-17(10-33-24(36-21)34-13-3-4-18(14(26)9-13)43-23(32)40)35-19(22(38)39)12-7-15(27)20(16(28)8-12)37-44(41,42)6-5-25(29,30)31/h7-8,10-11,13-14,18,37H,3-6,9H2,1-2H3,(H2,32,40)(H,33,34,36). The van der Waals surface area contributed by atoms with Gasteiger partial charge in [0.05, 0.1) is 18.4 Å². The number of carbonyl (C=O) groups excluding carboxylic acids is 1. The van der Waals surface area contributed by atoms with Gasteiger partial charge in [0.1, 0.15) is 29.2 Å². The van der Waals surface area contributed by atoms with E-state index in [9.17, 15) is 44.3 Å². The van der Waals surface area contributed by atoms with Crippen LogP contribution < -0.4 is 21.3 Å². The molecule has 44 heavy (non-hydrogen) atoms. The number of anilines is 2. The number of sulfonamides is 1. The maximum Gasteiger partial charge on any atom is 0.404 e. The molecular formula is C25H27F6N7O5S. The summed E-state index contributed by atoms with van der Waals surface area (Å²) in [6.45, 7) is 3.26. The van der Waals surface area contributed by atoms with Gasteiger partial charge in [-0.15, -0.1) is 0 Å². The molecule has 4 N–H and O–H groups in total. The van der Waals surface area contributed by atoms with Crippen molar-refractivity contribution in [2.45, 2.75) is 70.1 Å². The maximum absolute atomic E-state index is 14.9. The van der Waals surface area contributed by atoms with Crippen LogP contribution in [-0.2, 0) is 14.8 Å². The van der Waals surface area contributed by atoms with Gasteiger partial charge in [-0.1, -0.05) is 0 Å². The molecule has 1 saturated carbocycles. The van der Waals surface area contributed by atoms with Gasteiger partial charge in [0.2, 0.25) is 16.0 Å². The van der Waals surface area contributed by atoms with Crippen LogP contribution >= 0.6 is 0 Å². The Morgan fingerprint density at radius 1 is 1.18 bits per heavy atom. The first-order valence-corrected chi connectivity index (χ1v) is 14.8. The summed E-state index contributed by atoms with van der Waals surface area (Å²) in [4.78, 5) is 37.1. The molecule has 3 unspecified atom stereocenters. The first-order valence-electron chi connectivity index (χ1n) is 13.2. The largest absolute Gasteiger partial charge is 0.443 e. The Morgan fingerprint density at radius 2 is 1.84 bits per heavy atom. The van der Waals surface area contributed by atoms with Crippen molar-refractivity contribution in [2.75, 3.05) is 15.8 Å². The molecule has 3 atom stereocenters. The summed E-state index contributed by atoms with van der Waals surface area (Å²) in [5.74, 6) is -4.41. The molecule has 1 aliphatic carbocycles. The molecule has 19 heteroatoms. The third kappa shape index (κ3) is 7.67. The van der Waals surface area contributed by atoms with E-state index in [4.69, 9.17) is 10.5 Å². The second kappa shape index (κ2) is 12.4. The number of hydrogen-bond acceptors (Lipinski definition) is 9. The van der Waals surface area contributed by atoms with Gasteiger partial charge in [-0.3, -0.25) is 14.1 Å². The summed E-state index contributed by atoms with van der Waals surface area (Å²) in [7, 11) is -4.77. The lowest BCUT2D eigenvalue weighted by molar-refractivity contribution is -0.129. The summed E-state index contributed by atoms with van der Waals surface area (Å²) >= 11 is 0. The number of benzene rings is 1. The summed E-state index contributed by atoms with van der Waals surface area (Å²) in [6.07, 6.45) is -8.32. The lowest BCUT2D eigenvalue weighted by Crippen LogP contribution is -2.40. The Labute approximate surface area is 246 Å². The summed E-state index contributed by atoms with van der Waals surface area (Å²) < 4.78 is 113. The molecule has 0 spiro atoms. The molecule has 0 radical (unpaired) electrons. The van der Waals surface area contributed by atoms with Gasteiger partial charge in [0.25, 0.3) is 5.56 Å². The van der Waals surface area contributed by atoms with Gasteiger partial charge in [-0.2, -0.15) is 18.2 Å². The maximum atomic E-state index is 14.9. The van der Waals surface area contributed by atoms with E-state index in [0.717, 1.165) is 0 Å². The molecule has 12 nitrogen and oxygen atoms in total. The Bertz CT molecular complexity index is 1710. The second-order valence-corrected chi connectivity index (χ2v) is 12.2. The normalized spacial score (nSPS) is 19.2. The van der Waals surface area contributed by atoms with E-state index in [1.54, 1.807) is 13.8 Å². The summed E-state index contributed by atoms with van der Waals surface area (Å²) in [6, 6.07) is 0.235. The Kier molecular flexibility index (Phi) is 9.26. The van der Waals surface area contributed by atoms with Gasteiger partial charge < -0.3 is 15.8 Å². The fourth-order valence-electron chi connectivity index (χ4n) is 4.69. The number of nitrogens with zero attached hydrogens (tertiary/aromatic N) is 4. The van der Waals surface area contributed by atoms with E-state index in [1.165, 1.54) is 15.5 Å². The fraction of sp³-hybridized carbons (Fsp3) is 0.480. The predicted octanol–water partition coefficient (Wildman–Crippen LogP) is 4.17. The number of nitrogens with two attached hydrogens (primary N) is 1. The first kappa shape index (κ1) is 32.7. The quantitative estimate of drug-likeness (QED) is 0.287. The van der Waals surface area contributed by atoms with Gasteiger partial charge in [-0.25, -0.2) is 36.4 Å². The van der Waals surface area contributed by atoms with Gasteiger partial charge >= 0.3 is 12.3 Å². The molecule has 0 aliphatic heterocycles. The number of fused-ring (bicyclic) bond motifs is 1. The number of rotatable bonds is 9. The zero-order valence-electron chi connectivity index (χ0n) is 23.2. The smallest absolute Gasteiger partial charge is 0.404 e. The number of alkyl halides is 4. The first-order chi connectivity index (χ1) is 20.4. The minimum absolute atomic E-state index is 0.0339. The molecule has 3 aromatic rings. The molecule has 2 aromatic heterocycles. The van der Waals surface area contributed by atoms with E-state index in [2.05, 4.69) is 20.3 Å². The molecule has 2 heterocycles. The van der Waals surface area contributed by atoms with Crippen molar-refractivity contribution >= 4 is 38.9 Å². The van der Waals surface area contributed by atoms with Crippen molar-refractivity contribution in [1.29, 1.82) is 0 Å². The molecule has 1 aromatic carbocycles. The number of hydrogen-bond donors (Lipinski definition) is 3. The van der Waals surface area contributed by atoms with E-state index in [0.29, 0.717) is 18.6 Å². The number of aromatic nitrogens is 4. The minimum Gasteiger partial charge on any atom is -0.443 e. The van der Waals surface area contributed by atoms with Crippen molar-refractivity contribution in [1.82, 2.24) is 19.5 Å². The Morgan fingerprint density at radius 3 is 2.41 bits per heavy atom. The van der Waals surface area contributed by atoms with E-state index in [-0.39, 0.29) is 35.5 Å². The number of carbonyl (C=O) groups is 1. The number of primary amides is 1. The minimum atomic E-state index is -4.81. The van der Waals surface area contributed by atoms with Crippen LogP contribution in [0, 0.1) is 11.6 Å². The van der Waals surface area contributed by atoms with Crippen LogP contribution in [-0.4, -0.2) is 64.3 Å². The Balaban J connectivity index is 1.64. The van der Waals surface area contributed by atoms with Crippen LogP contribution in [0.1, 0.15) is 45.6 Å². The summed E-state index contributed by atoms with van der Waals surface area (Å²) in [5.41, 5.74) is 2.20. The SMILES string of the molecule is CC(C)n1c(=O)c(-c2cc(F)c(NS(=O)(=O)CCC(F)(F)F)c(F)c2)nc2cnc(NC3CCC(OC(N)=O)C(F)C3)nc21. The average molecular weight is 652 g/mol. The number of ether oxygens (including phenoxy) is 1. The van der Waals surface area contributed by atoms with E-state index < -0.39 is 87.4 Å². The fourth-order valence-corrected chi connectivity index (χ4v) is 5.79. The van der Waals surface area contributed by atoms with Crippen LogP contribution in [0.2, 0.25) is 0 Å². The molecule has 4 rings (SSSR count). The van der Waals surface area contributed by atoms with Crippen LogP contribution in [0.25, 0.3) is 22.4 Å². The predicted molar refractivity (Wildman–Crippen MR) is 146 cm³/mol. The molecule has 0 saturated heterocycles. The van der Waals surface area contributed by atoms with Crippen molar-refractivity contribution in [3.05, 3.63) is 40.3 Å². The molecule has 1 amide bonds. The molecule has 240 valence electrons. The van der Waals surface area contributed by atoms with Crippen LogP contribution in [0.4, 0.5) is 42.8 Å². The van der Waals surface area contributed by atoms with E-state index in [1.807, 2.05) is 0 Å². The van der Waals surface area contributed by atoms with Crippen molar-refractivity contribution in [2.24, 2.45) is 5.73 Å². The highest BCUT2D eigenvalue weighted by atomic mass is 32.2. The molecule has 1 fully saturated rings. The second-order valence-electron chi connectivity index (χ2n) is 10.4. The third-order valence-corrected chi connectivity index (χ3v) is 7.95. The number of halogens is 6. The molecule has 1 aliphatic rings. The summed E-state index contributed by atoms with van der Waals surface area (Å²) in [5, 5.41) is 2.97.